The molecule has 0 bridgehead atoms. The van der Waals surface area contributed by atoms with Crippen molar-refractivity contribution in [3.8, 4) is 0 Å². The van der Waals surface area contributed by atoms with Gasteiger partial charge in [-0.25, -0.2) is 4.98 Å². The van der Waals surface area contributed by atoms with Crippen LogP contribution in [0.1, 0.15) is 60.2 Å². The zero-order valence-corrected chi connectivity index (χ0v) is 18.6. The Balaban J connectivity index is 1.35. The molecule has 0 unspecified atom stereocenters. The van der Waals surface area contributed by atoms with Crippen LogP contribution in [0.25, 0.3) is 0 Å². The van der Waals surface area contributed by atoms with Crippen molar-refractivity contribution in [2.45, 2.75) is 44.7 Å². The van der Waals surface area contributed by atoms with Crippen molar-refractivity contribution in [3.63, 3.8) is 0 Å². The van der Waals surface area contributed by atoms with Crippen molar-refractivity contribution in [1.82, 2.24) is 15.2 Å². The van der Waals surface area contributed by atoms with E-state index in [1.165, 1.54) is 6.26 Å². The minimum Gasteiger partial charge on any atom is -0.447 e. The van der Waals surface area contributed by atoms with Gasteiger partial charge < -0.3 is 9.73 Å². The zero-order chi connectivity index (χ0) is 22.6. The van der Waals surface area contributed by atoms with Gasteiger partial charge in [0.1, 0.15) is 12.0 Å². The summed E-state index contributed by atoms with van der Waals surface area (Å²) in [4.78, 5) is 31.7. The van der Waals surface area contributed by atoms with Gasteiger partial charge in [0.2, 0.25) is 5.89 Å². The van der Waals surface area contributed by atoms with E-state index in [0.717, 1.165) is 37.1 Å². The van der Waals surface area contributed by atoms with E-state index in [-0.39, 0.29) is 23.4 Å². The molecule has 1 saturated heterocycles. The Hall–Kier alpha value is -3.25. The number of rotatable bonds is 7. The molecule has 2 aromatic carbocycles. The Kier molecular flexibility index (Phi) is 6.51. The molecule has 0 aliphatic carbocycles. The highest BCUT2D eigenvalue weighted by atomic mass is 16.3. The highest BCUT2D eigenvalue weighted by Crippen LogP contribution is 2.36. The van der Waals surface area contributed by atoms with Crippen LogP contribution in [0.2, 0.25) is 0 Å². The number of Topliss-reactive ketones (excluding diaryl/α,β-unsaturated/α-hetero) is 1. The minimum atomic E-state index is -0.424. The fourth-order valence-corrected chi connectivity index (χ4v) is 4.47. The summed E-state index contributed by atoms with van der Waals surface area (Å²) in [6.45, 7) is 5.69. The molecule has 6 nitrogen and oxygen atoms in total. The van der Waals surface area contributed by atoms with E-state index in [4.69, 9.17) is 4.42 Å². The lowest BCUT2D eigenvalue weighted by molar-refractivity contribution is -0.124. The lowest BCUT2D eigenvalue weighted by atomic mass is 9.70. The van der Waals surface area contributed by atoms with Crippen molar-refractivity contribution in [1.29, 1.82) is 0 Å². The molecule has 0 radical (unpaired) electrons. The van der Waals surface area contributed by atoms with E-state index in [1.54, 1.807) is 6.92 Å². The number of oxazole rings is 1. The number of carbonyl (C=O) groups is 2. The van der Waals surface area contributed by atoms with Gasteiger partial charge in [-0.3, -0.25) is 14.5 Å². The van der Waals surface area contributed by atoms with Gasteiger partial charge >= 0.3 is 0 Å². The van der Waals surface area contributed by atoms with Gasteiger partial charge in [-0.05, 0) is 50.9 Å². The molecule has 1 amide bonds. The molecular weight excluding hydrogens is 402 g/mol. The molecule has 4 rings (SSSR count). The second-order valence-electron chi connectivity index (χ2n) is 8.51. The van der Waals surface area contributed by atoms with Crippen molar-refractivity contribution in [3.05, 3.63) is 89.6 Å². The van der Waals surface area contributed by atoms with E-state index in [2.05, 4.69) is 15.2 Å². The average molecular weight is 432 g/mol. The molecule has 1 N–H and O–H groups in total. The van der Waals surface area contributed by atoms with Gasteiger partial charge in [0.05, 0.1) is 18.0 Å². The highest BCUT2D eigenvalue weighted by Gasteiger charge is 2.40. The number of nitrogens with zero attached hydrogens (tertiary/aromatic N) is 2. The Morgan fingerprint density at radius 1 is 1.06 bits per heavy atom. The first-order chi connectivity index (χ1) is 15.5. The summed E-state index contributed by atoms with van der Waals surface area (Å²) in [6, 6.07) is 19.7. The number of hydrogen-bond acceptors (Lipinski definition) is 5. The van der Waals surface area contributed by atoms with Gasteiger partial charge in [-0.1, -0.05) is 60.7 Å². The van der Waals surface area contributed by atoms with Gasteiger partial charge in [0.25, 0.3) is 5.91 Å². The number of amides is 1. The second-order valence-corrected chi connectivity index (χ2v) is 8.51. The third-order valence-electron chi connectivity index (χ3n) is 6.50. The first-order valence-corrected chi connectivity index (χ1v) is 11.1. The first kappa shape index (κ1) is 22.0. The van der Waals surface area contributed by atoms with Crippen molar-refractivity contribution in [2.24, 2.45) is 0 Å². The number of likely N-dealkylation sites (tertiary alicyclic amines) is 1. The van der Waals surface area contributed by atoms with Crippen molar-refractivity contribution >= 4 is 11.7 Å². The monoisotopic (exact) mass is 431 g/mol. The van der Waals surface area contributed by atoms with Crippen LogP contribution in [0.5, 0.6) is 0 Å². The van der Waals surface area contributed by atoms with Crippen LogP contribution >= 0.6 is 0 Å². The third-order valence-corrected chi connectivity index (χ3v) is 6.50. The minimum absolute atomic E-state index is 0.122. The number of aromatic nitrogens is 1. The van der Waals surface area contributed by atoms with E-state index in [9.17, 15) is 9.59 Å². The van der Waals surface area contributed by atoms with Gasteiger partial charge in [-0.2, -0.15) is 0 Å². The van der Waals surface area contributed by atoms with E-state index < -0.39 is 5.41 Å². The summed E-state index contributed by atoms with van der Waals surface area (Å²) < 4.78 is 5.58. The molecule has 3 aromatic rings. The summed E-state index contributed by atoms with van der Waals surface area (Å²) in [5.41, 5.74) is 1.98. The molecule has 1 aromatic heterocycles. The molecule has 2 heterocycles. The summed E-state index contributed by atoms with van der Waals surface area (Å²) in [5.74, 6) is 0.471. The number of hydrogen-bond donors (Lipinski definition) is 1. The van der Waals surface area contributed by atoms with Crippen LogP contribution < -0.4 is 5.32 Å². The molecule has 1 aliphatic heterocycles. The molecule has 6 heteroatoms. The van der Waals surface area contributed by atoms with Crippen LogP contribution in [-0.4, -0.2) is 34.7 Å². The first-order valence-electron chi connectivity index (χ1n) is 11.1. The number of carbonyl (C=O) groups excluding carboxylic acids is 2. The Morgan fingerprint density at radius 2 is 1.69 bits per heavy atom. The van der Waals surface area contributed by atoms with Crippen molar-refractivity contribution < 1.29 is 14.0 Å². The van der Waals surface area contributed by atoms with Gasteiger partial charge in [0, 0.05) is 0 Å². The summed E-state index contributed by atoms with van der Waals surface area (Å²) in [7, 11) is 0. The Labute approximate surface area is 188 Å². The summed E-state index contributed by atoms with van der Waals surface area (Å²) in [5, 5.41) is 2.96. The lowest BCUT2D eigenvalue weighted by Crippen LogP contribution is -2.46. The molecule has 1 atom stereocenters. The molecule has 1 aliphatic rings. The van der Waals surface area contributed by atoms with Crippen LogP contribution in [-0.2, 0) is 16.8 Å². The molecule has 1 fully saturated rings. The lowest BCUT2D eigenvalue weighted by Gasteiger charge is -2.40. The number of benzene rings is 2. The normalized spacial score (nSPS) is 16.9. The van der Waals surface area contributed by atoms with Crippen LogP contribution in [0, 0.1) is 0 Å². The largest absolute Gasteiger partial charge is 0.447 e. The quantitative estimate of drug-likeness (QED) is 0.604. The van der Waals surface area contributed by atoms with Crippen LogP contribution in [0.3, 0.4) is 0 Å². The number of piperidine rings is 1. The van der Waals surface area contributed by atoms with E-state index in [0.29, 0.717) is 12.4 Å². The summed E-state index contributed by atoms with van der Waals surface area (Å²) >= 11 is 0. The average Bonchev–Trinajstić information content (AvgIpc) is 3.29. The standard InChI is InChI=1S/C26H29N3O3/c1-19(21-9-5-3-6-10-21)27-25(31)23-18-32-24(28-23)17-29-15-13-26(14-16-29,20(2)30)22-11-7-4-8-12-22/h3-12,18-19H,13-17H2,1-2H3,(H,27,31)/t19-/m1/s1. The van der Waals surface area contributed by atoms with Crippen LogP contribution in [0.4, 0.5) is 0 Å². The number of nitrogens with one attached hydrogen (secondary N) is 1. The van der Waals surface area contributed by atoms with E-state index >= 15 is 0 Å². The Morgan fingerprint density at radius 3 is 2.31 bits per heavy atom. The van der Waals surface area contributed by atoms with Gasteiger partial charge in [0.15, 0.2) is 5.69 Å². The van der Waals surface area contributed by atoms with Crippen LogP contribution in [0.15, 0.2) is 71.3 Å². The maximum absolute atomic E-state index is 12.6. The maximum Gasteiger partial charge on any atom is 0.273 e. The highest BCUT2D eigenvalue weighted by molar-refractivity contribution is 5.92. The molecule has 32 heavy (non-hydrogen) atoms. The Bertz CT molecular complexity index is 1050. The zero-order valence-electron chi connectivity index (χ0n) is 18.6. The molecule has 166 valence electrons. The predicted molar refractivity (Wildman–Crippen MR) is 122 cm³/mol. The molecule has 0 saturated carbocycles. The third kappa shape index (κ3) is 4.65. The molecule has 0 spiro atoms. The predicted octanol–water partition coefficient (Wildman–Crippen LogP) is 4.29. The number of ketones is 1. The summed E-state index contributed by atoms with van der Waals surface area (Å²) in [6.07, 6.45) is 2.93. The second kappa shape index (κ2) is 9.49. The van der Waals surface area contributed by atoms with Gasteiger partial charge in [-0.15, -0.1) is 0 Å². The smallest absolute Gasteiger partial charge is 0.273 e. The van der Waals surface area contributed by atoms with Crippen molar-refractivity contribution in [2.75, 3.05) is 13.1 Å². The fraction of sp³-hybridized carbons (Fsp3) is 0.346. The van der Waals surface area contributed by atoms with E-state index in [1.807, 2.05) is 67.6 Å². The fourth-order valence-electron chi connectivity index (χ4n) is 4.47. The molecular formula is C26H29N3O3. The maximum atomic E-state index is 12.6. The topological polar surface area (TPSA) is 75.4 Å². The SMILES string of the molecule is CC(=O)C1(c2ccccc2)CCN(Cc2nc(C(=O)N[C@H](C)c3ccccc3)co2)CC1.